The molecule has 19 heavy (non-hydrogen) atoms. The van der Waals surface area contributed by atoms with Gasteiger partial charge in [0.05, 0.1) is 24.0 Å². The Morgan fingerprint density at radius 3 is 2.21 bits per heavy atom. The molecule has 2 fully saturated rings. The summed E-state index contributed by atoms with van der Waals surface area (Å²) < 4.78 is 5.47. The van der Waals surface area contributed by atoms with Crippen LogP contribution in [0.3, 0.4) is 0 Å². The average Bonchev–Trinajstić information content (AvgIpc) is 2.97. The molecule has 4 atom stereocenters. The van der Waals surface area contributed by atoms with E-state index >= 15 is 0 Å². The van der Waals surface area contributed by atoms with Crippen molar-refractivity contribution in [3.63, 3.8) is 0 Å². The quantitative estimate of drug-likeness (QED) is 0.408. The van der Waals surface area contributed by atoms with Crippen LogP contribution in [-0.4, -0.2) is 35.1 Å². The molecule has 6 heteroatoms. The van der Waals surface area contributed by atoms with E-state index in [-0.39, 0.29) is 12.2 Å². The molecule has 100 valence electrons. The van der Waals surface area contributed by atoms with E-state index in [0.717, 1.165) is 5.57 Å². The number of nitrogens with zero attached hydrogens (tertiary/aromatic N) is 1. The van der Waals surface area contributed by atoms with Crippen molar-refractivity contribution in [2.75, 3.05) is 0 Å². The maximum absolute atomic E-state index is 12.1. The second kappa shape index (κ2) is 4.03. The van der Waals surface area contributed by atoms with Crippen LogP contribution in [0.25, 0.3) is 0 Å². The number of amides is 2. The van der Waals surface area contributed by atoms with Crippen LogP contribution in [0.5, 0.6) is 0 Å². The molecule has 3 aliphatic rings. The van der Waals surface area contributed by atoms with Crippen molar-refractivity contribution in [3.05, 3.63) is 23.8 Å². The number of imide groups is 1. The maximum atomic E-state index is 12.1. The lowest BCUT2D eigenvalue weighted by molar-refractivity contribution is -0.196. The van der Waals surface area contributed by atoms with E-state index < -0.39 is 29.6 Å². The van der Waals surface area contributed by atoms with Gasteiger partial charge in [0.1, 0.15) is 0 Å². The van der Waals surface area contributed by atoms with E-state index in [1.165, 1.54) is 6.08 Å². The van der Waals surface area contributed by atoms with Crippen LogP contribution in [0.2, 0.25) is 0 Å². The molecule has 2 bridgehead atoms. The number of hydrogen-bond acceptors (Lipinski definition) is 5. The Morgan fingerprint density at radius 1 is 1.21 bits per heavy atom. The summed E-state index contributed by atoms with van der Waals surface area (Å²) in [5.74, 6) is -2.82. The number of allylic oxidation sites excluding steroid dienone is 1. The van der Waals surface area contributed by atoms with Crippen molar-refractivity contribution >= 4 is 17.8 Å². The van der Waals surface area contributed by atoms with Gasteiger partial charge >= 0.3 is 5.97 Å². The molecule has 0 radical (unpaired) electrons. The van der Waals surface area contributed by atoms with Crippen molar-refractivity contribution in [2.24, 2.45) is 11.8 Å². The van der Waals surface area contributed by atoms with Crippen LogP contribution in [0, 0.1) is 11.8 Å². The Kier molecular flexibility index (Phi) is 2.56. The Morgan fingerprint density at radius 2 is 1.74 bits per heavy atom. The van der Waals surface area contributed by atoms with Crippen molar-refractivity contribution in [1.82, 2.24) is 5.06 Å². The molecule has 3 rings (SSSR count). The smallest absolute Gasteiger partial charge is 0.356 e. The number of carbonyl (C=O) groups is 3. The van der Waals surface area contributed by atoms with E-state index in [4.69, 9.17) is 9.57 Å². The lowest BCUT2D eigenvalue weighted by Gasteiger charge is -2.15. The molecule has 0 N–H and O–H groups in total. The Balaban J connectivity index is 1.79. The number of rotatable bonds is 2. The van der Waals surface area contributed by atoms with Crippen molar-refractivity contribution < 1.29 is 24.0 Å². The highest BCUT2D eigenvalue weighted by Crippen LogP contribution is 2.45. The first-order valence-corrected chi connectivity index (χ1v) is 6.07. The summed E-state index contributed by atoms with van der Waals surface area (Å²) in [6.45, 7) is 3.45. The topological polar surface area (TPSA) is 72.9 Å². The van der Waals surface area contributed by atoms with Crippen molar-refractivity contribution in [2.45, 2.75) is 26.1 Å². The number of hydrogen-bond donors (Lipinski definition) is 0. The molecule has 3 aliphatic heterocycles. The van der Waals surface area contributed by atoms with Gasteiger partial charge in [-0.15, -0.1) is 5.06 Å². The zero-order chi connectivity index (χ0) is 13.7. The lowest BCUT2D eigenvalue weighted by Crippen LogP contribution is -2.36. The van der Waals surface area contributed by atoms with Gasteiger partial charge in [0.2, 0.25) is 0 Å². The SMILES string of the molecule is CC(C)=CC(=O)ON1C(=O)C2C3C=CC(O3)C2C1=O. The van der Waals surface area contributed by atoms with Crippen LogP contribution < -0.4 is 0 Å². The number of hydroxylamine groups is 2. The van der Waals surface area contributed by atoms with Gasteiger partial charge in [-0.2, -0.15) is 0 Å². The molecule has 0 aliphatic carbocycles. The maximum Gasteiger partial charge on any atom is 0.356 e. The highest BCUT2D eigenvalue weighted by molar-refractivity contribution is 6.06. The first kappa shape index (κ1) is 12.1. The third-order valence-corrected chi connectivity index (χ3v) is 3.46. The van der Waals surface area contributed by atoms with Gasteiger partial charge in [-0.25, -0.2) is 4.79 Å². The molecule has 6 nitrogen and oxygen atoms in total. The molecule has 0 spiro atoms. The summed E-state index contributed by atoms with van der Waals surface area (Å²) in [6.07, 6.45) is 4.03. The van der Waals surface area contributed by atoms with Crippen LogP contribution in [0.1, 0.15) is 13.8 Å². The number of ether oxygens (including phenoxy) is 1. The van der Waals surface area contributed by atoms with Crippen LogP contribution in [0.4, 0.5) is 0 Å². The fraction of sp³-hybridized carbons (Fsp3) is 0.462. The standard InChI is InChI=1S/C13H13NO5/c1-6(2)5-9(15)19-14-12(16)10-7-3-4-8(18-7)11(10)13(14)17/h3-5,7-8,10-11H,1-2H3. The first-order valence-electron chi connectivity index (χ1n) is 6.07. The molecule has 2 amide bonds. The monoisotopic (exact) mass is 263 g/mol. The predicted molar refractivity (Wildman–Crippen MR) is 62.2 cm³/mol. The molecule has 4 unspecified atom stereocenters. The minimum atomic E-state index is -0.720. The summed E-state index contributed by atoms with van der Waals surface area (Å²) >= 11 is 0. The Hall–Kier alpha value is -1.95. The molecule has 0 aromatic heterocycles. The number of fused-ring (bicyclic) bond motifs is 5. The predicted octanol–water partition coefficient (Wildman–Crippen LogP) is 0.349. The van der Waals surface area contributed by atoms with E-state index in [1.807, 2.05) is 0 Å². The summed E-state index contributed by atoms with van der Waals surface area (Å²) in [7, 11) is 0. The van der Waals surface area contributed by atoms with E-state index in [9.17, 15) is 14.4 Å². The van der Waals surface area contributed by atoms with E-state index in [1.54, 1.807) is 26.0 Å². The van der Waals surface area contributed by atoms with Crippen LogP contribution in [0.15, 0.2) is 23.8 Å². The molecule has 0 saturated carbocycles. The third kappa shape index (κ3) is 1.71. The van der Waals surface area contributed by atoms with E-state index in [2.05, 4.69) is 0 Å². The Bertz CT molecular complexity index is 501. The molecular formula is C13H13NO5. The molecule has 3 heterocycles. The van der Waals surface area contributed by atoms with Gasteiger partial charge in [0.25, 0.3) is 11.8 Å². The zero-order valence-corrected chi connectivity index (χ0v) is 10.5. The van der Waals surface area contributed by atoms with Gasteiger partial charge in [-0.3, -0.25) is 9.59 Å². The van der Waals surface area contributed by atoms with Gasteiger partial charge in [0.15, 0.2) is 0 Å². The van der Waals surface area contributed by atoms with Gasteiger partial charge < -0.3 is 9.57 Å². The zero-order valence-electron chi connectivity index (χ0n) is 10.5. The summed E-state index contributed by atoms with van der Waals surface area (Å²) in [5.41, 5.74) is 0.731. The van der Waals surface area contributed by atoms with Crippen molar-refractivity contribution in [3.8, 4) is 0 Å². The Labute approximate surface area is 109 Å². The molecular weight excluding hydrogens is 250 g/mol. The van der Waals surface area contributed by atoms with Gasteiger partial charge in [0, 0.05) is 6.08 Å². The molecule has 0 aromatic rings. The highest BCUT2D eigenvalue weighted by Gasteiger charge is 2.62. The fourth-order valence-electron chi connectivity index (χ4n) is 2.72. The largest absolute Gasteiger partial charge is 0.365 e. The highest BCUT2D eigenvalue weighted by atomic mass is 16.7. The van der Waals surface area contributed by atoms with E-state index in [0.29, 0.717) is 5.06 Å². The molecule has 0 aromatic carbocycles. The number of carbonyl (C=O) groups excluding carboxylic acids is 3. The molecule has 2 saturated heterocycles. The normalized spacial score (nSPS) is 34.7. The summed E-state index contributed by atoms with van der Waals surface area (Å²) in [6, 6.07) is 0. The second-order valence-electron chi connectivity index (χ2n) is 5.10. The van der Waals surface area contributed by atoms with Gasteiger partial charge in [-0.05, 0) is 13.8 Å². The second-order valence-corrected chi connectivity index (χ2v) is 5.10. The van der Waals surface area contributed by atoms with Crippen molar-refractivity contribution in [1.29, 1.82) is 0 Å². The third-order valence-electron chi connectivity index (χ3n) is 3.46. The van der Waals surface area contributed by atoms with Crippen LogP contribution >= 0.6 is 0 Å². The lowest BCUT2D eigenvalue weighted by atomic mass is 9.85. The minimum absolute atomic E-state index is 0.376. The summed E-state index contributed by atoms with van der Waals surface area (Å²) in [5, 5.41) is 0.590. The summed E-state index contributed by atoms with van der Waals surface area (Å²) in [4.78, 5) is 40.6. The van der Waals surface area contributed by atoms with Gasteiger partial charge in [-0.1, -0.05) is 17.7 Å². The first-order chi connectivity index (χ1) is 8.99. The fourth-order valence-corrected chi connectivity index (χ4v) is 2.72. The average molecular weight is 263 g/mol. The minimum Gasteiger partial charge on any atom is -0.365 e. The van der Waals surface area contributed by atoms with Crippen LogP contribution in [-0.2, 0) is 24.0 Å².